The molecule has 0 bridgehead atoms. The van der Waals surface area contributed by atoms with Crippen molar-refractivity contribution in [3.63, 3.8) is 0 Å². The van der Waals surface area contributed by atoms with Gasteiger partial charge in [0.05, 0.1) is 6.20 Å². The Morgan fingerprint density at radius 3 is 2.17 bits per heavy atom. The van der Waals surface area contributed by atoms with E-state index in [9.17, 15) is 14.0 Å². The molecular weight excluding hydrogens is 387 g/mol. The Morgan fingerprint density at radius 2 is 1.50 bits per heavy atom. The summed E-state index contributed by atoms with van der Waals surface area (Å²) in [5.41, 5.74) is 2.61. The number of nitrogens with zero attached hydrogens (tertiary/aromatic N) is 3. The number of nitrogens with one attached hydrogen (secondary N) is 3. The van der Waals surface area contributed by atoms with E-state index in [4.69, 9.17) is 0 Å². The minimum Gasteiger partial charge on any atom is -0.339 e. The fourth-order valence-electron chi connectivity index (χ4n) is 2.81. The molecule has 3 N–H and O–H groups in total. The number of benzene rings is 2. The standard InChI is InChI=1S/C21H17FN6O2/c1-13(29)24-15-6-8-17(9-7-15)26-21(30)18-12-23-20-11-10-19(27-28(18)20)25-16-4-2-14(22)3-5-16/h2-12H,1H3,(H,24,29)(H,25,27)(H,26,30). The van der Waals surface area contributed by atoms with Crippen molar-refractivity contribution in [1.29, 1.82) is 0 Å². The van der Waals surface area contributed by atoms with Crippen LogP contribution in [0.15, 0.2) is 66.9 Å². The SMILES string of the molecule is CC(=O)Nc1ccc(NC(=O)c2cnc3ccc(Nc4ccc(F)cc4)nn23)cc1. The molecule has 0 unspecified atom stereocenters. The van der Waals surface area contributed by atoms with Gasteiger partial charge in [-0.15, -0.1) is 5.10 Å². The van der Waals surface area contributed by atoms with E-state index in [-0.39, 0.29) is 23.3 Å². The number of fused-ring (bicyclic) bond motifs is 1. The summed E-state index contributed by atoms with van der Waals surface area (Å²) >= 11 is 0. The van der Waals surface area contributed by atoms with Gasteiger partial charge in [0.1, 0.15) is 5.82 Å². The van der Waals surface area contributed by atoms with Crippen LogP contribution in [0.2, 0.25) is 0 Å². The first kappa shape index (κ1) is 19.1. The summed E-state index contributed by atoms with van der Waals surface area (Å²) in [7, 11) is 0. The van der Waals surface area contributed by atoms with E-state index in [1.165, 1.54) is 29.8 Å². The number of hydrogen-bond donors (Lipinski definition) is 3. The Hall–Kier alpha value is -4.27. The summed E-state index contributed by atoms with van der Waals surface area (Å²) in [6.07, 6.45) is 1.44. The summed E-state index contributed by atoms with van der Waals surface area (Å²) in [4.78, 5) is 28.0. The Kier molecular flexibility index (Phi) is 5.08. The highest BCUT2D eigenvalue weighted by Crippen LogP contribution is 2.18. The average molecular weight is 404 g/mol. The van der Waals surface area contributed by atoms with Crippen molar-refractivity contribution >= 4 is 40.3 Å². The third kappa shape index (κ3) is 4.25. The van der Waals surface area contributed by atoms with E-state index < -0.39 is 0 Å². The molecule has 0 aliphatic carbocycles. The Bertz CT molecular complexity index is 1220. The number of imidazole rings is 1. The summed E-state index contributed by atoms with van der Waals surface area (Å²) < 4.78 is 14.5. The van der Waals surface area contributed by atoms with Gasteiger partial charge in [-0.1, -0.05) is 0 Å². The van der Waals surface area contributed by atoms with Gasteiger partial charge in [0.2, 0.25) is 5.91 Å². The van der Waals surface area contributed by atoms with Crippen LogP contribution in [0.25, 0.3) is 5.65 Å². The molecule has 0 aliphatic rings. The van der Waals surface area contributed by atoms with Crippen LogP contribution in [0, 0.1) is 5.82 Å². The van der Waals surface area contributed by atoms with E-state index in [1.54, 1.807) is 48.5 Å². The predicted molar refractivity (Wildman–Crippen MR) is 111 cm³/mol. The molecule has 0 spiro atoms. The van der Waals surface area contributed by atoms with Crippen LogP contribution >= 0.6 is 0 Å². The minimum atomic E-state index is -0.388. The molecule has 9 heteroatoms. The topological polar surface area (TPSA) is 100 Å². The number of carbonyl (C=O) groups excluding carboxylic acids is 2. The summed E-state index contributed by atoms with van der Waals surface area (Å²) in [6.45, 7) is 1.42. The second kappa shape index (κ2) is 8.00. The third-order valence-corrected chi connectivity index (χ3v) is 4.17. The quantitative estimate of drug-likeness (QED) is 0.469. The van der Waals surface area contributed by atoms with Gasteiger partial charge in [0, 0.05) is 24.0 Å². The molecule has 0 saturated carbocycles. The molecular formula is C21H17FN6O2. The number of rotatable bonds is 5. The van der Waals surface area contributed by atoms with Crippen molar-refractivity contribution in [3.8, 4) is 0 Å². The van der Waals surface area contributed by atoms with E-state index in [2.05, 4.69) is 26.0 Å². The fourth-order valence-corrected chi connectivity index (χ4v) is 2.81. The first-order valence-electron chi connectivity index (χ1n) is 9.04. The maximum absolute atomic E-state index is 13.1. The Morgan fingerprint density at radius 1 is 0.867 bits per heavy atom. The van der Waals surface area contributed by atoms with Gasteiger partial charge in [0.25, 0.3) is 5.91 Å². The van der Waals surface area contributed by atoms with Gasteiger partial charge >= 0.3 is 0 Å². The first-order valence-corrected chi connectivity index (χ1v) is 9.04. The zero-order valence-electron chi connectivity index (χ0n) is 15.9. The fraction of sp³-hybridized carbons (Fsp3) is 0.0476. The average Bonchev–Trinajstić information content (AvgIpc) is 3.14. The van der Waals surface area contributed by atoms with E-state index in [0.717, 1.165) is 0 Å². The summed E-state index contributed by atoms with van der Waals surface area (Å²) in [5, 5.41) is 12.9. The molecule has 8 nitrogen and oxygen atoms in total. The van der Waals surface area contributed by atoms with Crippen LogP contribution < -0.4 is 16.0 Å². The van der Waals surface area contributed by atoms with Crippen molar-refractivity contribution in [1.82, 2.24) is 14.6 Å². The molecule has 0 saturated heterocycles. The lowest BCUT2D eigenvalue weighted by molar-refractivity contribution is -0.114. The molecule has 4 aromatic rings. The zero-order valence-corrected chi connectivity index (χ0v) is 15.9. The highest BCUT2D eigenvalue weighted by atomic mass is 19.1. The molecule has 0 aliphatic heterocycles. The van der Waals surface area contributed by atoms with Crippen LogP contribution in [0.5, 0.6) is 0 Å². The number of carbonyl (C=O) groups is 2. The number of anilines is 4. The lowest BCUT2D eigenvalue weighted by Crippen LogP contribution is -2.15. The van der Waals surface area contributed by atoms with Crippen LogP contribution in [0.4, 0.5) is 27.3 Å². The molecule has 0 fully saturated rings. The van der Waals surface area contributed by atoms with Gasteiger partial charge in [-0.3, -0.25) is 9.59 Å². The van der Waals surface area contributed by atoms with Gasteiger partial charge in [-0.25, -0.2) is 13.9 Å². The van der Waals surface area contributed by atoms with Crippen molar-refractivity contribution in [2.75, 3.05) is 16.0 Å². The van der Waals surface area contributed by atoms with Gasteiger partial charge in [-0.2, -0.15) is 0 Å². The highest BCUT2D eigenvalue weighted by Gasteiger charge is 2.14. The molecule has 2 heterocycles. The van der Waals surface area contributed by atoms with Crippen molar-refractivity contribution in [2.45, 2.75) is 6.92 Å². The van der Waals surface area contributed by atoms with Crippen molar-refractivity contribution in [2.24, 2.45) is 0 Å². The Labute approximate surface area is 170 Å². The minimum absolute atomic E-state index is 0.173. The van der Waals surface area contributed by atoms with Crippen LogP contribution in [0.3, 0.4) is 0 Å². The van der Waals surface area contributed by atoms with Crippen molar-refractivity contribution in [3.05, 3.63) is 78.4 Å². The molecule has 2 aromatic heterocycles. The second-order valence-electron chi connectivity index (χ2n) is 6.48. The molecule has 0 radical (unpaired) electrons. The van der Waals surface area contributed by atoms with Crippen LogP contribution in [-0.4, -0.2) is 26.4 Å². The lowest BCUT2D eigenvalue weighted by Gasteiger charge is -2.08. The summed E-state index contributed by atoms with van der Waals surface area (Å²) in [5.74, 6) is -0.418. The maximum Gasteiger partial charge on any atom is 0.276 e. The van der Waals surface area contributed by atoms with Gasteiger partial charge in [0.15, 0.2) is 17.2 Å². The van der Waals surface area contributed by atoms with Crippen molar-refractivity contribution < 1.29 is 14.0 Å². The van der Waals surface area contributed by atoms with E-state index in [0.29, 0.717) is 28.5 Å². The molecule has 0 atom stereocenters. The summed E-state index contributed by atoms with van der Waals surface area (Å²) in [6, 6.07) is 16.0. The molecule has 4 rings (SSSR count). The number of amides is 2. The number of halogens is 1. The third-order valence-electron chi connectivity index (χ3n) is 4.17. The second-order valence-corrected chi connectivity index (χ2v) is 6.48. The number of aromatic nitrogens is 3. The smallest absolute Gasteiger partial charge is 0.276 e. The maximum atomic E-state index is 13.1. The first-order chi connectivity index (χ1) is 14.5. The largest absolute Gasteiger partial charge is 0.339 e. The predicted octanol–water partition coefficient (Wildman–Crippen LogP) is 3.82. The van der Waals surface area contributed by atoms with E-state index >= 15 is 0 Å². The molecule has 2 aromatic carbocycles. The van der Waals surface area contributed by atoms with Crippen LogP contribution in [0.1, 0.15) is 17.4 Å². The van der Waals surface area contributed by atoms with Gasteiger partial charge < -0.3 is 16.0 Å². The highest BCUT2D eigenvalue weighted by molar-refractivity contribution is 6.03. The van der Waals surface area contributed by atoms with Crippen LogP contribution in [-0.2, 0) is 4.79 Å². The normalized spacial score (nSPS) is 10.6. The molecule has 150 valence electrons. The monoisotopic (exact) mass is 404 g/mol. The molecule has 2 amide bonds. The van der Waals surface area contributed by atoms with Gasteiger partial charge in [-0.05, 0) is 60.7 Å². The van der Waals surface area contributed by atoms with E-state index in [1.807, 2.05) is 0 Å². The molecule has 30 heavy (non-hydrogen) atoms. The zero-order chi connectivity index (χ0) is 21.1. The number of hydrogen-bond acceptors (Lipinski definition) is 5. The Balaban J connectivity index is 1.53. The lowest BCUT2D eigenvalue weighted by atomic mass is 10.2.